The molecule has 1 N–H and O–H groups in total. The maximum Gasteiger partial charge on any atom is 0.0496 e. The molecule has 86 valence electrons. The highest BCUT2D eigenvalue weighted by molar-refractivity contribution is 4.78. The van der Waals surface area contributed by atoms with E-state index in [9.17, 15) is 5.11 Å². The van der Waals surface area contributed by atoms with Crippen LogP contribution in [0.15, 0.2) is 0 Å². The minimum Gasteiger partial charge on any atom is -0.396 e. The normalized spacial score (nSPS) is 18.6. The third kappa shape index (κ3) is 3.97. The first-order valence-electron chi connectivity index (χ1n) is 5.67. The fraction of sp³-hybridized carbons (Fsp3) is 1.00. The molecule has 0 heterocycles. The van der Waals surface area contributed by atoms with Gasteiger partial charge >= 0.3 is 0 Å². The minimum absolute atomic E-state index is 0.0535. The summed E-state index contributed by atoms with van der Waals surface area (Å²) < 4.78 is 0. The fourth-order valence-electron chi connectivity index (χ4n) is 1.53. The summed E-state index contributed by atoms with van der Waals surface area (Å²) in [5.74, 6) is 0.666. The van der Waals surface area contributed by atoms with Crippen molar-refractivity contribution in [1.82, 2.24) is 4.90 Å². The van der Waals surface area contributed by atoms with Crippen molar-refractivity contribution in [3.8, 4) is 0 Å². The minimum atomic E-state index is 0.0535. The van der Waals surface area contributed by atoms with Gasteiger partial charge in [0.05, 0.1) is 0 Å². The SMILES string of the molecule is CCC(C)(CO)CN(C)C(C)C(C)C. The predicted molar refractivity (Wildman–Crippen MR) is 62.4 cm³/mol. The molecule has 0 fully saturated rings. The van der Waals surface area contributed by atoms with Crippen LogP contribution in [0.5, 0.6) is 0 Å². The molecular weight excluding hydrogens is 174 g/mol. The summed E-state index contributed by atoms with van der Waals surface area (Å²) in [7, 11) is 2.15. The molecule has 0 aliphatic heterocycles. The Morgan fingerprint density at radius 3 is 2.07 bits per heavy atom. The molecule has 2 atom stereocenters. The summed E-state index contributed by atoms with van der Waals surface area (Å²) >= 11 is 0. The van der Waals surface area contributed by atoms with Crippen LogP contribution in [0.25, 0.3) is 0 Å². The quantitative estimate of drug-likeness (QED) is 0.713. The second-order valence-electron chi connectivity index (χ2n) is 5.22. The lowest BCUT2D eigenvalue weighted by Gasteiger charge is -2.36. The molecule has 14 heavy (non-hydrogen) atoms. The molecule has 0 aromatic carbocycles. The summed E-state index contributed by atoms with van der Waals surface area (Å²) in [6, 6.07) is 0.576. The van der Waals surface area contributed by atoms with Crippen LogP contribution in [-0.2, 0) is 0 Å². The van der Waals surface area contributed by atoms with Gasteiger partial charge in [0.2, 0.25) is 0 Å². The average Bonchev–Trinajstić information content (AvgIpc) is 2.16. The first-order chi connectivity index (χ1) is 6.36. The Kier molecular flexibility index (Phi) is 5.68. The van der Waals surface area contributed by atoms with Crippen LogP contribution >= 0.6 is 0 Å². The van der Waals surface area contributed by atoms with E-state index in [2.05, 4.69) is 46.6 Å². The van der Waals surface area contributed by atoms with E-state index in [0.29, 0.717) is 12.0 Å². The predicted octanol–water partition coefficient (Wildman–Crippen LogP) is 2.37. The molecule has 0 saturated heterocycles. The molecule has 2 nitrogen and oxygen atoms in total. The third-order valence-corrected chi connectivity index (χ3v) is 3.53. The van der Waals surface area contributed by atoms with Crippen LogP contribution in [0.4, 0.5) is 0 Å². The Hall–Kier alpha value is -0.0800. The van der Waals surface area contributed by atoms with Crippen molar-refractivity contribution in [2.75, 3.05) is 20.2 Å². The Morgan fingerprint density at radius 2 is 1.79 bits per heavy atom. The standard InChI is InChI=1S/C12H27NO/c1-7-12(5,9-14)8-13(6)11(4)10(2)3/h10-11,14H,7-9H2,1-6H3. The van der Waals surface area contributed by atoms with Gasteiger partial charge in [-0.15, -0.1) is 0 Å². The second kappa shape index (κ2) is 5.72. The molecular formula is C12H27NO. The lowest BCUT2D eigenvalue weighted by atomic mass is 9.87. The number of aliphatic hydroxyl groups excluding tert-OH is 1. The third-order valence-electron chi connectivity index (χ3n) is 3.53. The number of aliphatic hydroxyl groups is 1. The highest BCUT2D eigenvalue weighted by atomic mass is 16.3. The molecule has 0 spiro atoms. The highest BCUT2D eigenvalue weighted by Gasteiger charge is 2.25. The zero-order valence-corrected chi connectivity index (χ0v) is 10.7. The van der Waals surface area contributed by atoms with Gasteiger partial charge in [-0.1, -0.05) is 27.7 Å². The molecule has 0 saturated carbocycles. The first kappa shape index (κ1) is 13.9. The molecule has 0 aromatic heterocycles. The lowest BCUT2D eigenvalue weighted by Crippen LogP contribution is -2.42. The number of hydrogen-bond acceptors (Lipinski definition) is 2. The van der Waals surface area contributed by atoms with E-state index in [1.54, 1.807) is 0 Å². The van der Waals surface area contributed by atoms with Crippen LogP contribution in [-0.4, -0.2) is 36.2 Å². The van der Waals surface area contributed by atoms with Gasteiger partial charge in [0.25, 0.3) is 0 Å². The Labute approximate surface area is 89.3 Å². The van der Waals surface area contributed by atoms with Crippen molar-refractivity contribution < 1.29 is 5.11 Å². The zero-order chi connectivity index (χ0) is 11.4. The van der Waals surface area contributed by atoms with E-state index >= 15 is 0 Å². The van der Waals surface area contributed by atoms with Crippen molar-refractivity contribution in [2.24, 2.45) is 11.3 Å². The summed E-state index contributed by atoms with van der Waals surface area (Å²) in [5.41, 5.74) is 0.0535. The van der Waals surface area contributed by atoms with Crippen molar-refractivity contribution in [3.05, 3.63) is 0 Å². The van der Waals surface area contributed by atoms with E-state index in [0.717, 1.165) is 13.0 Å². The van der Waals surface area contributed by atoms with E-state index in [4.69, 9.17) is 0 Å². The zero-order valence-electron chi connectivity index (χ0n) is 10.7. The van der Waals surface area contributed by atoms with E-state index in [-0.39, 0.29) is 12.0 Å². The Balaban J connectivity index is 4.22. The summed E-state index contributed by atoms with van der Waals surface area (Å²) in [6.07, 6.45) is 1.03. The van der Waals surface area contributed by atoms with Gasteiger partial charge < -0.3 is 10.0 Å². The van der Waals surface area contributed by atoms with Crippen LogP contribution in [0.1, 0.15) is 41.0 Å². The van der Waals surface area contributed by atoms with Crippen LogP contribution in [0, 0.1) is 11.3 Å². The monoisotopic (exact) mass is 201 g/mol. The fourth-order valence-corrected chi connectivity index (χ4v) is 1.53. The smallest absolute Gasteiger partial charge is 0.0496 e. The van der Waals surface area contributed by atoms with E-state index < -0.39 is 0 Å². The van der Waals surface area contributed by atoms with Crippen molar-refractivity contribution in [2.45, 2.75) is 47.1 Å². The van der Waals surface area contributed by atoms with Gasteiger partial charge in [-0.3, -0.25) is 0 Å². The number of nitrogens with zero attached hydrogens (tertiary/aromatic N) is 1. The van der Waals surface area contributed by atoms with Gasteiger partial charge in [0.15, 0.2) is 0 Å². The van der Waals surface area contributed by atoms with Gasteiger partial charge in [-0.05, 0) is 26.3 Å². The summed E-state index contributed by atoms with van der Waals surface area (Å²) in [4.78, 5) is 2.35. The summed E-state index contributed by atoms with van der Waals surface area (Å²) in [5, 5.41) is 9.33. The largest absolute Gasteiger partial charge is 0.396 e. The van der Waals surface area contributed by atoms with E-state index in [1.807, 2.05) is 0 Å². The van der Waals surface area contributed by atoms with Crippen LogP contribution in [0.2, 0.25) is 0 Å². The van der Waals surface area contributed by atoms with Crippen molar-refractivity contribution >= 4 is 0 Å². The molecule has 2 heteroatoms. The average molecular weight is 201 g/mol. The van der Waals surface area contributed by atoms with Gasteiger partial charge in [0, 0.05) is 24.6 Å². The maximum absolute atomic E-state index is 9.33. The molecule has 0 rings (SSSR count). The number of hydrogen-bond donors (Lipinski definition) is 1. The molecule has 0 aliphatic rings. The molecule has 2 unspecified atom stereocenters. The highest BCUT2D eigenvalue weighted by Crippen LogP contribution is 2.23. The van der Waals surface area contributed by atoms with Crippen molar-refractivity contribution in [1.29, 1.82) is 0 Å². The topological polar surface area (TPSA) is 23.5 Å². The van der Waals surface area contributed by atoms with Crippen molar-refractivity contribution in [3.63, 3.8) is 0 Å². The lowest BCUT2D eigenvalue weighted by molar-refractivity contribution is 0.0709. The second-order valence-corrected chi connectivity index (χ2v) is 5.22. The number of rotatable bonds is 6. The van der Waals surface area contributed by atoms with Gasteiger partial charge in [-0.25, -0.2) is 0 Å². The Morgan fingerprint density at radius 1 is 1.29 bits per heavy atom. The molecule has 0 bridgehead atoms. The molecule has 0 radical (unpaired) electrons. The van der Waals surface area contributed by atoms with Gasteiger partial charge in [-0.2, -0.15) is 0 Å². The Bertz CT molecular complexity index is 152. The van der Waals surface area contributed by atoms with Crippen LogP contribution in [0.3, 0.4) is 0 Å². The maximum atomic E-state index is 9.33. The van der Waals surface area contributed by atoms with Crippen LogP contribution < -0.4 is 0 Å². The molecule has 0 aromatic rings. The van der Waals surface area contributed by atoms with Gasteiger partial charge in [0.1, 0.15) is 0 Å². The summed E-state index contributed by atoms with van der Waals surface area (Å²) in [6.45, 7) is 12.3. The first-order valence-corrected chi connectivity index (χ1v) is 5.67. The molecule has 0 amide bonds. The molecule has 0 aliphatic carbocycles. The van der Waals surface area contributed by atoms with E-state index in [1.165, 1.54) is 0 Å².